The number of aryl methyl sites for hydroxylation is 2. The Balaban J connectivity index is 1.75. The molecule has 1 N–H and O–H groups in total. The van der Waals surface area contributed by atoms with Gasteiger partial charge in [-0.3, -0.25) is 4.79 Å². The minimum atomic E-state index is -0.299. The lowest BCUT2D eigenvalue weighted by Crippen LogP contribution is -2.10. The van der Waals surface area contributed by atoms with Crippen molar-refractivity contribution in [2.75, 3.05) is 19.0 Å². The Morgan fingerprint density at radius 2 is 1.86 bits per heavy atom. The number of hydrogen-bond acceptors (Lipinski definition) is 4. The Kier molecular flexibility index (Phi) is 7.17. The van der Waals surface area contributed by atoms with Gasteiger partial charge in [0.1, 0.15) is 17.1 Å². The van der Waals surface area contributed by atoms with E-state index >= 15 is 0 Å². The van der Waals surface area contributed by atoms with Crippen molar-refractivity contribution in [1.82, 2.24) is 0 Å². The molecule has 0 saturated heterocycles. The first-order chi connectivity index (χ1) is 16.8. The highest BCUT2D eigenvalue weighted by atomic mass is 35.5. The zero-order valence-corrected chi connectivity index (χ0v) is 21.2. The molecule has 0 aliphatic carbocycles. The molecule has 1 amide bonds. The molecule has 180 valence electrons. The summed E-state index contributed by atoms with van der Waals surface area (Å²) in [6.45, 7) is 8.47. The summed E-state index contributed by atoms with van der Waals surface area (Å²) < 4.78 is 17.1. The smallest absolute Gasteiger partial charge is 0.248 e. The van der Waals surface area contributed by atoms with Crippen LogP contribution in [0.1, 0.15) is 30.5 Å². The van der Waals surface area contributed by atoms with Crippen LogP contribution in [0.15, 0.2) is 65.3 Å². The molecule has 0 unspecified atom stereocenters. The van der Waals surface area contributed by atoms with Crippen molar-refractivity contribution in [3.63, 3.8) is 0 Å². The molecule has 35 heavy (non-hydrogen) atoms. The largest absolute Gasteiger partial charge is 0.495 e. The molecule has 0 aliphatic rings. The lowest BCUT2D eigenvalue weighted by atomic mass is 9.96. The van der Waals surface area contributed by atoms with Crippen LogP contribution in [-0.2, 0) is 4.79 Å². The Labute approximate surface area is 210 Å². The maximum absolute atomic E-state index is 12.9. The van der Waals surface area contributed by atoms with Crippen molar-refractivity contribution in [3.05, 3.63) is 82.6 Å². The van der Waals surface area contributed by atoms with Gasteiger partial charge in [0.2, 0.25) is 5.91 Å². The van der Waals surface area contributed by atoms with Gasteiger partial charge in [-0.25, -0.2) is 0 Å². The summed E-state index contributed by atoms with van der Waals surface area (Å²) in [4.78, 5) is 12.9. The van der Waals surface area contributed by atoms with Crippen molar-refractivity contribution >= 4 is 39.7 Å². The molecule has 5 nitrogen and oxygen atoms in total. The Morgan fingerprint density at radius 3 is 2.57 bits per heavy atom. The van der Waals surface area contributed by atoms with Crippen LogP contribution >= 0.6 is 11.6 Å². The van der Waals surface area contributed by atoms with E-state index in [1.54, 1.807) is 37.6 Å². The lowest BCUT2D eigenvalue weighted by Gasteiger charge is -2.13. The molecule has 0 saturated carbocycles. The van der Waals surface area contributed by atoms with Gasteiger partial charge in [0.15, 0.2) is 0 Å². The Bertz CT molecular complexity index is 1430. The van der Waals surface area contributed by atoms with Crippen LogP contribution in [0.3, 0.4) is 0 Å². The number of amides is 1. The second-order valence-corrected chi connectivity index (χ2v) is 8.84. The summed E-state index contributed by atoms with van der Waals surface area (Å²) >= 11 is 6.10. The predicted molar refractivity (Wildman–Crippen MR) is 143 cm³/mol. The van der Waals surface area contributed by atoms with Crippen molar-refractivity contribution in [3.8, 4) is 22.6 Å². The topological polar surface area (TPSA) is 60.7 Å². The number of benzene rings is 3. The maximum Gasteiger partial charge on any atom is 0.248 e. The molecular formula is C29H28ClNO4. The van der Waals surface area contributed by atoms with Crippen LogP contribution in [0.2, 0.25) is 5.02 Å². The van der Waals surface area contributed by atoms with E-state index in [-0.39, 0.29) is 5.91 Å². The average Bonchev–Trinajstić information content (AvgIpc) is 3.21. The highest BCUT2D eigenvalue weighted by Crippen LogP contribution is 2.38. The first kappa shape index (κ1) is 24.4. The maximum atomic E-state index is 12.9. The number of carbonyl (C=O) groups is 1. The van der Waals surface area contributed by atoms with E-state index in [0.717, 1.165) is 33.2 Å². The van der Waals surface area contributed by atoms with E-state index in [1.807, 2.05) is 26.0 Å². The molecule has 1 heterocycles. The predicted octanol–water partition coefficient (Wildman–Crippen LogP) is 7.82. The third kappa shape index (κ3) is 5.20. The van der Waals surface area contributed by atoms with Gasteiger partial charge >= 0.3 is 0 Å². The highest BCUT2D eigenvalue weighted by Gasteiger charge is 2.17. The Hall–Kier alpha value is -3.70. The monoisotopic (exact) mass is 489 g/mol. The molecule has 0 aliphatic heterocycles. The fourth-order valence-electron chi connectivity index (χ4n) is 4.18. The number of anilines is 1. The minimum Gasteiger partial charge on any atom is -0.495 e. The van der Waals surface area contributed by atoms with Crippen LogP contribution in [-0.4, -0.2) is 19.6 Å². The molecule has 0 spiro atoms. The van der Waals surface area contributed by atoms with E-state index in [9.17, 15) is 4.79 Å². The van der Waals surface area contributed by atoms with Gasteiger partial charge in [0, 0.05) is 33.7 Å². The normalized spacial score (nSPS) is 11.5. The van der Waals surface area contributed by atoms with Gasteiger partial charge < -0.3 is 19.2 Å². The summed E-state index contributed by atoms with van der Waals surface area (Å²) in [6.07, 6.45) is 3.32. The number of furan rings is 1. The fourth-order valence-corrected chi connectivity index (χ4v) is 4.36. The summed E-state index contributed by atoms with van der Waals surface area (Å²) in [5.41, 5.74) is 7.29. The number of nitrogens with one attached hydrogen (secondary N) is 1. The molecule has 4 aromatic rings. The van der Waals surface area contributed by atoms with E-state index in [0.29, 0.717) is 28.8 Å². The first-order valence-corrected chi connectivity index (χ1v) is 11.8. The second-order valence-electron chi connectivity index (χ2n) is 8.41. The third-order valence-electron chi connectivity index (χ3n) is 5.84. The zero-order valence-electron chi connectivity index (χ0n) is 20.5. The molecule has 0 fully saturated rings. The standard InChI is InChI=1S/C29H28ClNO4/c1-6-34-27-15-28-23(24(16-35-28)21-9-7-17(2)11-18(21)3)14-22(27)19(4)12-29(32)31-25-13-20(30)8-10-26(25)33-5/h7-16H,6H2,1-5H3,(H,31,32)/b19-12+. The summed E-state index contributed by atoms with van der Waals surface area (Å²) in [5.74, 6) is 0.887. The number of methoxy groups -OCH3 is 1. The Morgan fingerprint density at radius 1 is 1.06 bits per heavy atom. The quantitative estimate of drug-likeness (QED) is 0.269. The number of allylic oxidation sites excluding steroid dienone is 1. The van der Waals surface area contributed by atoms with E-state index < -0.39 is 0 Å². The van der Waals surface area contributed by atoms with Gasteiger partial charge in [-0.2, -0.15) is 0 Å². The van der Waals surface area contributed by atoms with Gasteiger partial charge in [-0.1, -0.05) is 35.4 Å². The number of fused-ring (bicyclic) bond motifs is 1. The van der Waals surface area contributed by atoms with Crippen LogP contribution in [0.4, 0.5) is 5.69 Å². The minimum absolute atomic E-state index is 0.299. The molecule has 0 radical (unpaired) electrons. The van der Waals surface area contributed by atoms with Crippen LogP contribution < -0.4 is 14.8 Å². The SMILES string of the molecule is CCOc1cc2occ(-c3ccc(C)cc3C)c2cc1/C(C)=C/C(=O)Nc1cc(Cl)ccc1OC. The van der Waals surface area contributed by atoms with Crippen molar-refractivity contribution in [2.24, 2.45) is 0 Å². The molecule has 3 aromatic carbocycles. The van der Waals surface area contributed by atoms with Crippen molar-refractivity contribution in [2.45, 2.75) is 27.7 Å². The number of rotatable bonds is 7. The average molecular weight is 490 g/mol. The van der Waals surface area contributed by atoms with E-state index in [1.165, 1.54) is 11.1 Å². The van der Waals surface area contributed by atoms with Gasteiger partial charge in [-0.15, -0.1) is 0 Å². The van der Waals surface area contributed by atoms with Crippen molar-refractivity contribution < 1.29 is 18.7 Å². The summed E-state index contributed by atoms with van der Waals surface area (Å²) in [6, 6.07) is 15.3. The molecule has 0 bridgehead atoms. The molecule has 1 aromatic heterocycles. The van der Waals surface area contributed by atoms with Crippen LogP contribution in [0, 0.1) is 13.8 Å². The number of hydrogen-bond donors (Lipinski definition) is 1. The molecule has 4 rings (SSSR count). The number of carbonyl (C=O) groups excluding carboxylic acids is 1. The van der Waals surface area contributed by atoms with Gasteiger partial charge in [-0.05, 0) is 68.7 Å². The van der Waals surface area contributed by atoms with E-state index in [4.69, 9.17) is 25.5 Å². The van der Waals surface area contributed by atoms with Gasteiger partial charge in [0.25, 0.3) is 0 Å². The molecular weight excluding hydrogens is 462 g/mol. The number of ether oxygens (including phenoxy) is 2. The summed E-state index contributed by atoms with van der Waals surface area (Å²) in [5, 5.41) is 4.32. The van der Waals surface area contributed by atoms with Crippen molar-refractivity contribution in [1.29, 1.82) is 0 Å². The summed E-state index contributed by atoms with van der Waals surface area (Å²) in [7, 11) is 1.54. The van der Waals surface area contributed by atoms with Crippen LogP contribution in [0.25, 0.3) is 27.7 Å². The third-order valence-corrected chi connectivity index (χ3v) is 6.07. The second kappa shape index (κ2) is 10.3. The molecule has 0 atom stereocenters. The fraction of sp³-hybridized carbons (Fsp3) is 0.207. The highest BCUT2D eigenvalue weighted by molar-refractivity contribution is 6.31. The number of halogens is 1. The zero-order chi connectivity index (χ0) is 25.1. The van der Waals surface area contributed by atoms with Gasteiger partial charge in [0.05, 0.1) is 25.7 Å². The van der Waals surface area contributed by atoms with Crippen LogP contribution in [0.5, 0.6) is 11.5 Å². The molecule has 6 heteroatoms. The first-order valence-electron chi connectivity index (χ1n) is 11.4. The lowest BCUT2D eigenvalue weighted by molar-refractivity contribution is -0.111. The van der Waals surface area contributed by atoms with E-state index in [2.05, 4.69) is 37.4 Å².